The van der Waals surface area contributed by atoms with Gasteiger partial charge in [0.25, 0.3) is 0 Å². The highest BCUT2D eigenvalue weighted by Gasteiger charge is 2.19. The summed E-state index contributed by atoms with van der Waals surface area (Å²) in [6.07, 6.45) is 0. The van der Waals surface area contributed by atoms with Crippen LogP contribution in [-0.4, -0.2) is 32.3 Å². The van der Waals surface area contributed by atoms with Gasteiger partial charge in [0.1, 0.15) is 11.4 Å². The first kappa shape index (κ1) is 13.9. The lowest BCUT2D eigenvalue weighted by Crippen LogP contribution is -2.07. The number of phenolic OH excluding ortho intramolecular Hbond substituents is 1. The molecule has 8 heteroatoms. The molecule has 0 aliphatic carbocycles. The van der Waals surface area contributed by atoms with Gasteiger partial charge in [-0.2, -0.15) is 5.10 Å². The molecule has 4 N–H and O–H groups in total. The van der Waals surface area contributed by atoms with Crippen LogP contribution in [0.15, 0.2) is 18.2 Å². The van der Waals surface area contributed by atoms with Crippen LogP contribution >= 0.6 is 11.6 Å². The molecule has 0 spiro atoms. The zero-order valence-electron chi connectivity index (χ0n) is 10.3. The van der Waals surface area contributed by atoms with Gasteiger partial charge in [0.05, 0.1) is 16.4 Å². The van der Waals surface area contributed by atoms with Crippen molar-refractivity contribution in [2.24, 2.45) is 0 Å². The summed E-state index contributed by atoms with van der Waals surface area (Å²) in [5.74, 6) is -1.78. The van der Waals surface area contributed by atoms with Crippen LogP contribution in [0.3, 0.4) is 0 Å². The van der Waals surface area contributed by atoms with Crippen molar-refractivity contribution in [3.63, 3.8) is 0 Å². The van der Waals surface area contributed by atoms with Crippen LogP contribution in [-0.2, 0) is 4.79 Å². The fourth-order valence-electron chi connectivity index (χ4n) is 1.68. The van der Waals surface area contributed by atoms with Crippen molar-refractivity contribution in [1.29, 1.82) is 0 Å². The van der Waals surface area contributed by atoms with E-state index in [1.165, 1.54) is 25.1 Å². The third-order valence-corrected chi connectivity index (χ3v) is 2.81. The Labute approximate surface area is 118 Å². The van der Waals surface area contributed by atoms with E-state index in [-0.39, 0.29) is 33.4 Å². The number of nitrogens with one attached hydrogen (secondary N) is 2. The van der Waals surface area contributed by atoms with Crippen LogP contribution in [0.1, 0.15) is 17.4 Å². The molecule has 1 aromatic carbocycles. The van der Waals surface area contributed by atoms with E-state index in [2.05, 4.69) is 15.5 Å². The summed E-state index contributed by atoms with van der Waals surface area (Å²) in [7, 11) is 0. The van der Waals surface area contributed by atoms with E-state index in [0.717, 1.165) is 0 Å². The summed E-state index contributed by atoms with van der Waals surface area (Å²) >= 11 is 6.04. The number of hydrogen-bond donors (Lipinski definition) is 4. The van der Waals surface area contributed by atoms with Gasteiger partial charge < -0.3 is 15.5 Å². The maximum Gasteiger partial charge on any atom is 0.353 e. The normalized spacial score (nSPS) is 10.3. The number of aromatic amines is 1. The van der Waals surface area contributed by atoms with Crippen LogP contribution < -0.4 is 5.32 Å². The average Bonchev–Trinajstić information content (AvgIpc) is 2.83. The van der Waals surface area contributed by atoms with Crippen LogP contribution in [0.4, 0.5) is 5.69 Å². The number of aromatic nitrogens is 2. The van der Waals surface area contributed by atoms with Gasteiger partial charge in [-0.15, -0.1) is 0 Å². The fourth-order valence-corrected chi connectivity index (χ4v) is 1.93. The number of halogens is 1. The highest BCUT2D eigenvalue weighted by molar-refractivity contribution is 6.34. The van der Waals surface area contributed by atoms with Crippen molar-refractivity contribution < 1.29 is 19.8 Å². The predicted molar refractivity (Wildman–Crippen MR) is 72.0 cm³/mol. The lowest BCUT2D eigenvalue weighted by Gasteiger charge is -2.11. The lowest BCUT2D eigenvalue weighted by atomic mass is 10.1. The monoisotopic (exact) mass is 295 g/mol. The number of H-pyrrole nitrogens is 1. The molecule has 20 heavy (non-hydrogen) atoms. The van der Waals surface area contributed by atoms with Gasteiger partial charge in [-0.25, -0.2) is 4.79 Å². The van der Waals surface area contributed by atoms with Gasteiger partial charge in [0.2, 0.25) is 5.91 Å². The number of benzene rings is 1. The van der Waals surface area contributed by atoms with Crippen molar-refractivity contribution in [3.05, 3.63) is 28.9 Å². The third-order valence-electron chi connectivity index (χ3n) is 2.50. The second kappa shape index (κ2) is 5.22. The number of hydrogen-bond acceptors (Lipinski definition) is 4. The molecule has 1 amide bonds. The first-order chi connectivity index (χ1) is 9.40. The summed E-state index contributed by atoms with van der Waals surface area (Å²) < 4.78 is 0. The molecule has 0 bridgehead atoms. The lowest BCUT2D eigenvalue weighted by molar-refractivity contribution is -0.114. The van der Waals surface area contributed by atoms with Crippen molar-refractivity contribution in [3.8, 4) is 17.0 Å². The number of aromatic hydroxyl groups is 1. The highest BCUT2D eigenvalue weighted by atomic mass is 35.5. The minimum absolute atomic E-state index is 0.0773. The number of carbonyl (C=O) groups excluding carboxylic acids is 1. The molecule has 0 fully saturated rings. The molecule has 2 aromatic rings. The fraction of sp³-hybridized carbons (Fsp3) is 0.0833. The van der Waals surface area contributed by atoms with Gasteiger partial charge >= 0.3 is 5.97 Å². The first-order valence-corrected chi connectivity index (χ1v) is 5.86. The summed E-state index contributed by atoms with van der Waals surface area (Å²) in [6, 6.07) is 4.00. The van der Waals surface area contributed by atoms with Gasteiger partial charge in [0, 0.05) is 12.5 Å². The smallest absolute Gasteiger partial charge is 0.353 e. The van der Waals surface area contributed by atoms with Crippen LogP contribution in [0.2, 0.25) is 5.02 Å². The van der Waals surface area contributed by atoms with E-state index < -0.39 is 11.9 Å². The molecule has 0 unspecified atom stereocenters. The zero-order chi connectivity index (χ0) is 14.9. The minimum Gasteiger partial charge on any atom is -0.506 e. The number of amides is 1. The van der Waals surface area contributed by atoms with Crippen molar-refractivity contribution in [2.45, 2.75) is 6.92 Å². The summed E-state index contributed by atoms with van der Waals surface area (Å²) in [5.41, 5.74) is 0.388. The SMILES string of the molecule is CC(=O)Nc1c(O)ccc(Cl)c1-c1cc(C(=O)O)[nH]n1. The Kier molecular flexibility index (Phi) is 3.62. The van der Waals surface area contributed by atoms with E-state index in [1.54, 1.807) is 0 Å². The van der Waals surface area contributed by atoms with E-state index >= 15 is 0 Å². The van der Waals surface area contributed by atoms with E-state index in [1.807, 2.05) is 0 Å². The number of carbonyl (C=O) groups is 2. The molecule has 7 nitrogen and oxygen atoms in total. The number of phenols is 1. The number of anilines is 1. The molecule has 0 aliphatic heterocycles. The van der Waals surface area contributed by atoms with Crippen molar-refractivity contribution >= 4 is 29.2 Å². The van der Waals surface area contributed by atoms with Crippen LogP contribution in [0.5, 0.6) is 5.75 Å². The third kappa shape index (κ3) is 2.57. The number of aromatic carboxylic acids is 1. The van der Waals surface area contributed by atoms with Gasteiger partial charge in [-0.3, -0.25) is 9.89 Å². The van der Waals surface area contributed by atoms with E-state index in [4.69, 9.17) is 16.7 Å². The van der Waals surface area contributed by atoms with Gasteiger partial charge in [0.15, 0.2) is 0 Å². The average molecular weight is 296 g/mol. The molecule has 1 aromatic heterocycles. The van der Waals surface area contributed by atoms with E-state index in [0.29, 0.717) is 0 Å². The Morgan fingerprint density at radius 3 is 2.65 bits per heavy atom. The van der Waals surface area contributed by atoms with E-state index in [9.17, 15) is 14.7 Å². The topological polar surface area (TPSA) is 115 Å². The zero-order valence-corrected chi connectivity index (χ0v) is 11.0. The molecule has 0 saturated heterocycles. The Morgan fingerprint density at radius 2 is 2.10 bits per heavy atom. The second-order valence-corrected chi connectivity index (χ2v) is 4.38. The number of rotatable bonds is 3. The van der Waals surface area contributed by atoms with Crippen molar-refractivity contribution in [2.75, 3.05) is 5.32 Å². The number of carboxylic acid groups (broad SMARTS) is 1. The number of carboxylic acids is 1. The summed E-state index contributed by atoms with van der Waals surface area (Å²) in [6.45, 7) is 1.28. The van der Waals surface area contributed by atoms with Crippen LogP contribution in [0, 0.1) is 0 Å². The first-order valence-electron chi connectivity index (χ1n) is 5.48. The van der Waals surface area contributed by atoms with Crippen molar-refractivity contribution in [1.82, 2.24) is 10.2 Å². The quantitative estimate of drug-likeness (QED) is 0.647. The van der Waals surface area contributed by atoms with Crippen LogP contribution in [0.25, 0.3) is 11.3 Å². The molecule has 0 saturated carbocycles. The summed E-state index contributed by atoms with van der Waals surface area (Å²) in [5, 5.41) is 27.5. The number of nitrogens with zero attached hydrogens (tertiary/aromatic N) is 1. The Balaban J connectivity index is 2.61. The Bertz CT molecular complexity index is 696. The molecular weight excluding hydrogens is 286 g/mol. The summed E-state index contributed by atoms with van der Waals surface area (Å²) in [4.78, 5) is 22.0. The maximum absolute atomic E-state index is 11.2. The molecule has 0 atom stereocenters. The Morgan fingerprint density at radius 1 is 1.40 bits per heavy atom. The Hall–Kier alpha value is -2.54. The minimum atomic E-state index is -1.18. The standard InChI is InChI=1S/C12H10ClN3O4/c1-5(17)14-11-9(18)3-2-6(13)10(11)7-4-8(12(19)20)16-15-7/h2-4,18H,1H3,(H,14,17)(H,15,16)(H,19,20). The van der Waals surface area contributed by atoms with Gasteiger partial charge in [-0.05, 0) is 18.2 Å². The molecule has 0 aliphatic rings. The largest absolute Gasteiger partial charge is 0.506 e. The second-order valence-electron chi connectivity index (χ2n) is 3.97. The predicted octanol–water partition coefficient (Wildman–Crippen LogP) is 2.09. The van der Waals surface area contributed by atoms with Gasteiger partial charge in [-0.1, -0.05) is 11.6 Å². The molecule has 0 radical (unpaired) electrons. The molecule has 2 rings (SSSR count). The molecule has 104 valence electrons. The highest BCUT2D eigenvalue weighted by Crippen LogP contribution is 2.39. The molecule has 1 heterocycles. The maximum atomic E-state index is 11.2. The molecular formula is C12H10ClN3O4.